The monoisotopic (exact) mass is 376 g/mol. The Morgan fingerprint density at radius 2 is 1.93 bits per heavy atom. The highest BCUT2D eigenvalue weighted by atomic mass is 16.6. The van der Waals surface area contributed by atoms with E-state index in [9.17, 15) is 4.79 Å². The van der Waals surface area contributed by atoms with Gasteiger partial charge in [-0.3, -0.25) is 14.5 Å². The van der Waals surface area contributed by atoms with Crippen LogP contribution in [0.2, 0.25) is 0 Å². The summed E-state index contributed by atoms with van der Waals surface area (Å²) in [7, 11) is 0. The molecule has 7 heteroatoms. The average Bonchev–Trinajstić information content (AvgIpc) is 3.16. The van der Waals surface area contributed by atoms with Crippen LogP contribution < -0.4 is 14.4 Å². The minimum Gasteiger partial charge on any atom is -0.486 e. The van der Waals surface area contributed by atoms with Crippen LogP contribution >= 0.6 is 0 Å². The summed E-state index contributed by atoms with van der Waals surface area (Å²) in [4.78, 5) is 19.5. The molecule has 142 valence electrons. The van der Waals surface area contributed by atoms with Gasteiger partial charge in [0.25, 0.3) is 5.91 Å². The molecule has 7 nitrogen and oxygen atoms in total. The second-order valence-electron chi connectivity index (χ2n) is 7.13. The lowest BCUT2D eigenvalue weighted by molar-refractivity contribution is 0.0954. The van der Waals surface area contributed by atoms with Gasteiger partial charge in [-0.2, -0.15) is 5.10 Å². The highest BCUT2D eigenvalue weighted by Gasteiger charge is 2.34. The standard InChI is InChI=1S/C21H20N4O3/c1-13-9-15(5-6-22-13)17-11-23-25-14(2)12-24(21(26)20(17)25)16-3-4-18-19(10-16)28-8-7-27-18/h3-6,9-11,14H,7-8,12H2,1-2H3/t14-/m0/s1. The van der Waals surface area contributed by atoms with Gasteiger partial charge in [-0.25, -0.2) is 0 Å². The van der Waals surface area contributed by atoms with Crippen molar-refractivity contribution in [2.45, 2.75) is 19.9 Å². The van der Waals surface area contributed by atoms with Crippen molar-refractivity contribution in [2.24, 2.45) is 0 Å². The Balaban J connectivity index is 1.57. The molecule has 3 aromatic rings. The molecule has 2 aliphatic rings. The van der Waals surface area contributed by atoms with Gasteiger partial charge in [0, 0.05) is 35.8 Å². The predicted molar refractivity (Wildman–Crippen MR) is 104 cm³/mol. The topological polar surface area (TPSA) is 69.5 Å². The van der Waals surface area contributed by atoms with E-state index in [-0.39, 0.29) is 11.9 Å². The molecule has 0 N–H and O–H groups in total. The molecule has 4 heterocycles. The largest absolute Gasteiger partial charge is 0.486 e. The summed E-state index contributed by atoms with van der Waals surface area (Å²) >= 11 is 0. The van der Waals surface area contributed by atoms with Crippen molar-refractivity contribution in [3.8, 4) is 22.6 Å². The number of nitrogens with zero attached hydrogens (tertiary/aromatic N) is 4. The zero-order valence-electron chi connectivity index (χ0n) is 15.8. The number of ether oxygens (including phenoxy) is 2. The highest BCUT2D eigenvalue weighted by Crippen LogP contribution is 2.37. The van der Waals surface area contributed by atoms with Crippen LogP contribution in [0.25, 0.3) is 11.1 Å². The van der Waals surface area contributed by atoms with Gasteiger partial charge in [0.1, 0.15) is 18.9 Å². The lowest BCUT2D eigenvalue weighted by Gasteiger charge is -2.33. The minimum absolute atomic E-state index is 0.0533. The van der Waals surface area contributed by atoms with Gasteiger partial charge < -0.3 is 14.4 Å². The number of aryl methyl sites for hydroxylation is 1. The van der Waals surface area contributed by atoms with Crippen molar-refractivity contribution in [3.63, 3.8) is 0 Å². The normalized spacial score (nSPS) is 18.1. The third-order valence-corrected chi connectivity index (χ3v) is 5.15. The number of pyridine rings is 1. The molecule has 0 spiro atoms. The first-order chi connectivity index (χ1) is 13.6. The molecule has 0 unspecified atom stereocenters. The quantitative estimate of drug-likeness (QED) is 0.687. The third kappa shape index (κ3) is 2.62. The zero-order chi connectivity index (χ0) is 19.3. The van der Waals surface area contributed by atoms with Crippen molar-refractivity contribution in [1.82, 2.24) is 14.8 Å². The molecule has 0 radical (unpaired) electrons. The number of rotatable bonds is 2. The van der Waals surface area contributed by atoms with Gasteiger partial charge in [0.15, 0.2) is 11.5 Å². The average molecular weight is 376 g/mol. The summed E-state index contributed by atoms with van der Waals surface area (Å²) in [6, 6.07) is 9.57. The second-order valence-corrected chi connectivity index (χ2v) is 7.13. The fourth-order valence-electron chi connectivity index (χ4n) is 3.81. The highest BCUT2D eigenvalue weighted by molar-refractivity contribution is 6.10. The number of hydrogen-bond acceptors (Lipinski definition) is 5. The molecule has 28 heavy (non-hydrogen) atoms. The van der Waals surface area contributed by atoms with Crippen LogP contribution in [-0.2, 0) is 0 Å². The molecule has 2 aromatic heterocycles. The first-order valence-electron chi connectivity index (χ1n) is 9.34. The van der Waals surface area contributed by atoms with Crippen LogP contribution in [0, 0.1) is 6.92 Å². The number of carbonyl (C=O) groups is 1. The number of hydrogen-bond donors (Lipinski definition) is 0. The van der Waals surface area contributed by atoms with E-state index in [0.29, 0.717) is 37.0 Å². The van der Waals surface area contributed by atoms with Crippen molar-refractivity contribution in [2.75, 3.05) is 24.7 Å². The van der Waals surface area contributed by atoms with Crippen LogP contribution in [-0.4, -0.2) is 40.4 Å². The molecule has 0 aliphatic carbocycles. The summed E-state index contributed by atoms with van der Waals surface area (Å²) in [5.41, 5.74) is 4.06. The summed E-state index contributed by atoms with van der Waals surface area (Å²) < 4.78 is 13.1. The number of anilines is 1. The summed E-state index contributed by atoms with van der Waals surface area (Å²) in [5, 5.41) is 4.50. The lowest BCUT2D eigenvalue weighted by atomic mass is 10.0. The number of benzene rings is 1. The SMILES string of the molecule is Cc1cc(-c2cnn3c2C(=O)N(c2ccc4c(c2)OCCO4)C[C@@H]3C)ccn1. The fraction of sp³-hybridized carbons (Fsp3) is 0.286. The van der Waals surface area contributed by atoms with Crippen molar-refractivity contribution >= 4 is 11.6 Å². The number of amides is 1. The van der Waals surface area contributed by atoms with E-state index in [0.717, 1.165) is 22.5 Å². The van der Waals surface area contributed by atoms with Gasteiger partial charge in [0.05, 0.1) is 12.2 Å². The van der Waals surface area contributed by atoms with E-state index in [2.05, 4.69) is 17.0 Å². The maximum atomic E-state index is 13.4. The first-order valence-corrected chi connectivity index (χ1v) is 9.34. The predicted octanol–water partition coefficient (Wildman–Crippen LogP) is 3.25. The first kappa shape index (κ1) is 16.8. The lowest BCUT2D eigenvalue weighted by Crippen LogP contribution is -2.42. The number of fused-ring (bicyclic) bond motifs is 2. The Kier molecular flexibility index (Phi) is 3.82. The fourth-order valence-corrected chi connectivity index (χ4v) is 3.81. The van der Waals surface area contributed by atoms with Crippen LogP contribution in [0.4, 0.5) is 5.69 Å². The van der Waals surface area contributed by atoms with Crippen molar-refractivity contribution in [3.05, 3.63) is 54.1 Å². The van der Waals surface area contributed by atoms with Crippen LogP contribution in [0.1, 0.15) is 29.1 Å². The number of aromatic nitrogens is 3. The van der Waals surface area contributed by atoms with Gasteiger partial charge in [-0.1, -0.05) is 0 Å². The maximum Gasteiger partial charge on any atom is 0.277 e. The van der Waals surface area contributed by atoms with E-state index in [1.807, 2.05) is 41.9 Å². The van der Waals surface area contributed by atoms with Gasteiger partial charge in [0.2, 0.25) is 0 Å². The Bertz CT molecular complexity index is 1080. The van der Waals surface area contributed by atoms with E-state index >= 15 is 0 Å². The Morgan fingerprint density at radius 1 is 1.11 bits per heavy atom. The Morgan fingerprint density at radius 3 is 2.75 bits per heavy atom. The second kappa shape index (κ2) is 6.37. The molecule has 0 saturated carbocycles. The molecule has 2 aliphatic heterocycles. The van der Waals surface area contributed by atoms with E-state index in [4.69, 9.17) is 9.47 Å². The van der Waals surface area contributed by atoms with Crippen molar-refractivity contribution < 1.29 is 14.3 Å². The maximum absolute atomic E-state index is 13.4. The molecule has 5 rings (SSSR count). The van der Waals surface area contributed by atoms with Gasteiger partial charge in [-0.05, 0) is 43.7 Å². The van der Waals surface area contributed by atoms with Crippen molar-refractivity contribution in [1.29, 1.82) is 0 Å². The molecule has 1 amide bonds. The van der Waals surface area contributed by atoms with Gasteiger partial charge in [-0.15, -0.1) is 0 Å². The summed E-state index contributed by atoms with van der Waals surface area (Å²) in [6.07, 6.45) is 3.52. The van der Waals surface area contributed by atoms with Crippen LogP contribution in [0.5, 0.6) is 11.5 Å². The Labute approximate surface area is 162 Å². The van der Waals surface area contributed by atoms with E-state index in [1.165, 1.54) is 0 Å². The summed E-state index contributed by atoms with van der Waals surface area (Å²) in [5.74, 6) is 1.32. The zero-order valence-corrected chi connectivity index (χ0v) is 15.8. The molecule has 0 fully saturated rings. The molecular formula is C21H20N4O3. The van der Waals surface area contributed by atoms with Crippen LogP contribution in [0.15, 0.2) is 42.7 Å². The van der Waals surface area contributed by atoms with Gasteiger partial charge >= 0.3 is 0 Å². The van der Waals surface area contributed by atoms with Crippen LogP contribution in [0.3, 0.4) is 0 Å². The Hall–Kier alpha value is -3.35. The van der Waals surface area contributed by atoms with E-state index < -0.39 is 0 Å². The molecule has 1 aromatic carbocycles. The molecule has 0 saturated heterocycles. The smallest absolute Gasteiger partial charge is 0.277 e. The van der Waals surface area contributed by atoms with E-state index in [1.54, 1.807) is 17.3 Å². The number of carbonyl (C=O) groups excluding carboxylic acids is 1. The third-order valence-electron chi connectivity index (χ3n) is 5.15. The molecule has 1 atom stereocenters. The molecule has 0 bridgehead atoms. The summed E-state index contributed by atoms with van der Waals surface area (Å²) in [6.45, 7) is 5.60. The molecular weight excluding hydrogens is 356 g/mol. The minimum atomic E-state index is -0.0725.